The minimum atomic E-state index is -1.03. The summed E-state index contributed by atoms with van der Waals surface area (Å²) in [5, 5.41) is 31.9. The third-order valence-corrected chi connectivity index (χ3v) is 5.82. The predicted octanol–water partition coefficient (Wildman–Crippen LogP) is 3.28. The van der Waals surface area contributed by atoms with Crippen molar-refractivity contribution in [1.82, 2.24) is 0 Å². The van der Waals surface area contributed by atoms with E-state index in [1.54, 1.807) is 13.0 Å². The lowest BCUT2D eigenvalue weighted by Gasteiger charge is -2.35. The lowest BCUT2D eigenvalue weighted by molar-refractivity contribution is 0.00628. The summed E-state index contributed by atoms with van der Waals surface area (Å²) >= 11 is 0. The highest BCUT2D eigenvalue weighted by Crippen LogP contribution is 2.55. The van der Waals surface area contributed by atoms with Gasteiger partial charge in [-0.25, -0.2) is 0 Å². The van der Waals surface area contributed by atoms with E-state index in [1.807, 2.05) is 6.92 Å². The molecule has 0 spiro atoms. The fraction of sp³-hybridized carbons (Fsp3) is 0.455. The number of ether oxygens (including phenoxy) is 4. The largest absolute Gasteiger partial charge is 0.504 e. The predicted molar refractivity (Wildman–Crippen MR) is 109 cm³/mol. The molecule has 0 fully saturated rings. The van der Waals surface area contributed by atoms with Gasteiger partial charge in [-0.3, -0.25) is 0 Å². The lowest BCUT2D eigenvalue weighted by Crippen LogP contribution is -2.37. The summed E-state index contributed by atoms with van der Waals surface area (Å²) in [6.45, 7) is 3.73. The molecule has 2 aromatic rings. The molecule has 3 rings (SSSR count). The smallest absolute Gasteiger partial charge is 0.203 e. The van der Waals surface area contributed by atoms with Crippen LogP contribution in [0.15, 0.2) is 12.1 Å². The number of aromatic hydroxyl groups is 2. The van der Waals surface area contributed by atoms with Crippen molar-refractivity contribution in [3.05, 3.63) is 23.3 Å². The van der Waals surface area contributed by atoms with E-state index >= 15 is 0 Å². The van der Waals surface area contributed by atoms with Gasteiger partial charge in [0.25, 0.3) is 0 Å². The summed E-state index contributed by atoms with van der Waals surface area (Å²) in [6, 6.07) is 3.31. The molecule has 0 aromatic heterocycles. The van der Waals surface area contributed by atoms with Gasteiger partial charge in [-0.1, -0.05) is 6.92 Å². The van der Waals surface area contributed by atoms with Crippen molar-refractivity contribution in [3.8, 4) is 45.6 Å². The third-order valence-electron chi connectivity index (χ3n) is 5.82. The molecule has 2 atom stereocenters. The number of hydrogen-bond acceptors (Lipinski definition) is 7. The molecule has 0 heterocycles. The summed E-state index contributed by atoms with van der Waals surface area (Å²) in [5.74, 6) is 0.626. The van der Waals surface area contributed by atoms with Crippen LogP contribution in [0.4, 0.5) is 0 Å². The second kappa shape index (κ2) is 7.55. The quantitative estimate of drug-likeness (QED) is 0.673. The van der Waals surface area contributed by atoms with Crippen LogP contribution in [0, 0.1) is 5.92 Å². The second-order valence-electron chi connectivity index (χ2n) is 7.63. The number of benzene rings is 2. The lowest BCUT2D eigenvalue weighted by atomic mass is 9.75. The first-order valence-corrected chi connectivity index (χ1v) is 9.36. The van der Waals surface area contributed by atoms with Gasteiger partial charge in [0.15, 0.2) is 23.0 Å². The third kappa shape index (κ3) is 3.29. The van der Waals surface area contributed by atoms with Crippen molar-refractivity contribution in [2.45, 2.75) is 32.3 Å². The van der Waals surface area contributed by atoms with Crippen molar-refractivity contribution in [2.24, 2.45) is 5.92 Å². The van der Waals surface area contributed by atoms with Crippen LogP contribution in [0.1, 0.15) is 25.0 Å². The van der Waals surface area contributed by atoms with Crippen LogP contribution < -0.4 is 18.9 Å². The maximum absolute atomic E-state index is 11.2. The number of rotatable bonds is 4. The Balaban J connectivity index is 2.52. The molecule has 0 bridgehead atoms. The average molecular weight is 404 g/mol. The molecule has 1 aliphatic carbocycles. The van der Waals surface area contributed by atoms with Crippen LogP contribution in [0.5, 0.6) is 34.5 Å². The summed E-state index contributed by atoms with van der Waals surface area (Å²) in [6.07, 6.45) is 0.786. The Kier molecular flexibility index (Phi) is 5.45. The van der Waals surface area contributed by atoms with Crippen molar-refractivity contribution in [3.63, 3.8) is 0 Å². The Labute approximate surface area is 170 Å². The van der Waals surface area contributed by atoms with E-state index in [-0.39, 0.29) is 23.2 Å². The topological polar surface area (TPSA) is 97.6 Å². The summed E-state index contributed by atoms with van der Waals surface area (Å²) in [4.78, 5) is 0. The van der Waals surface area contributed by atoms with E-state index in [0.29, 0.717) is 41.2 Å². The maximum atomic E-state index is 11.2. The Morgan fingerprint density at radius 3 is 2.00 bits per heavy atom. The maximum Gasteiger partial charge on any atom is 0.203 e. The second-order valence-corrected chi connectivity index (χ2v) is 7.63. The molecule has 0 unspecified atom stereocenters. The van der Waals surface area contributed by atoms with E-state index in [4.69, 9.17) is 18.9 Å². The fourth-order valence-electron chi connectivity index (χ4n) is 4.05. The number of hydrogen-bond donors (Lipinski definition) is 3. The Morgan fingerprint density at radius 1 is 0.862 bits per heavy atom. The van der Waals surface area contributed by atoms with Gasteiger partial charge in [0, 0.05) is 17.5 Å². The van der Waals surface area contributed by atoms with Crippen LogP contribution >= 0.6 is 0 Å². The van der Waals surface area contributed by atoms with Gasteiger partial charge in [-0.2, -0.15) is 0 Å². The first-order valence-electron chi connectivity index (χ1n) is 9.36. The van der Waals surface area contributed by atoms with Crippen molar-refractivity contribution >= 4 is 0 Å². The highest BCUT2D eigenvalue weighted by Gasteiger charge is 2.37. The van der Waals surface area contributed by atoms with Gasteiger partial charge in [-0.15, -0.1) is 0 Å². The minimum absolute atomic E-state index is 0.137. The van der Waals surface area contributed by atoms with Crippen LogP contribution in [0.2, 0.25) is 0 Å². The van der Waals surface area contributed by atoms with Crippen molar-refractivity contribution < 1.29 is 34.3 Å². The molecule has 3 N–H and O–H groups in total. The van der Waals surface area contributed by atoms with Crippen LogP contribution in [-0.2, 0) is 12.8 Å². The molecule has 29 heavy (non-hydrogen) atoms. The zero-order chi connectivity index (χ0) is 21.5. The normalized spacial score (nSPS) is 20.7. The zero-order valence-electron chi connectivity index (χ0n) is 17.6. The molecule has 0 amide bonds. The van der Waals surface area contributed by atoms with Crippen LogP contribution in [0.3, 0.4) is 0 Å². The molecule has 0 saturated carbocycles. The van der Waals surface area contributed by atoms with E-state index in [9.17, 15) is 15.3 Å². The summed E-state index contributed by atoms with van der Waals surface area (Å²) < 4.78 is 22.2. The molecule has 7 nitrogen and oxygen atoms in total. The van der Waals surface area contributed by atoms with Crippen LogP contribution in [-0.4, -0.2) is 49.4 Å². The fourth-order valence-corrected chi connectivity index (χ4v) is 4.05. The molecular formula is C22H28O7. The van der Waals surface area contributed by atoms with E-state index in [2.05, 4.69) is 0 Å². The van der Waals surface area contributed by atoms with Crippen LogP contribution in [0.25, 0.3) is 11.1 Å². The van der Waals surface area contributed by atoms with Gasteiger partial charge >= 0.3 is 0 Å². The van der Waals surface area contributed by atoms with Gasteiger partial charge in [0.1, 0.15) is 0 Å². The highest BCUT2D eigenvalue weighted by molar-refractivity contribution is 5.88. The molecule has 1 aliphatic rings. The highest BCUT2D eigenvalue weighted by atomic mass is 16.5. The number of aliphatic hydroxyl groups is 1. The molecule has 0 aliphatic heterocycles. The minimum Gasteiger partial charge on any atom is -0.504 e. The van der Waals surface area contributed by atoms with Gasteiger partial charge in [-0.05, 0) is 42.5 Å². The van der Waals surface area contributed by atoms with Crippen molar-refractivity contribution in [2.75, 3.05) is 28.4 Å². The standard InChI is InChI=1S/C22H28O7/c1-11-7-12-8-14(23)18(24)20(28-5)16(12)17-13(10-22(11,2)25)9-15(26-3)19(27-4)21(17)29-6/h8-9,11,23-25H,7,10H2,1-6H3/t11-,22-/m0/s1. The van der Waals surface area contributed by atoms with Gasteiger partial charge in [0.2, 0.25) is 11.5 Å². The van der Waals surface area contributed by atoms with E-state index in [0.717, 1.165) is 11.1 Å². The Bertz CT molecular complexity index is 934. The molecule has 2 aromatic carbocycles. The number of phenolic OH excluding ortho intramolecular Hbond substituents is 2. The van der Waals surface area contributed by atoms with Gasteiger partial charge in [0.05, 0.1) is 34.0 Å². The van der Waals surface area contributed by atoms with E-state index in [1.165, 1.54) is 34.5 Å². The van der Waals surface area contributed by atoms with E-state index < -0.39 is 5.60 Å². The Hall–Kier alpha value is -2.80. The number of methoxy groups -OCH3 is 4. The molecule has 0 saturated heterocycles. The molecular weight excluding hydrogens is 376 g/mol. The molecule has 7 heteroatoms. The zero-order valence-corrected chi connectivity index (χ0v) is 17.6. The number of fused-ring (bicyclic) bond motifs is 3. The molecule has 0 radical (unpaired) electrons. The van der Waals surface area contributed by atoms with Gasteiger partial charge < -0.3 is 34.3 Å². The molecule has 158 valence electrons. The average Bonchev–Trinajstić information content (AvgIpc) is 2.68. The summed E-state index contributed by atoms with van der Waals surface area (Å²) in [5.41, 5.74) is 1.66. The number of phenols is 2. The summed E-state index contributed by atoms with van der Waals surface area (Å²) in [7, 11) is 6.00. The monoisotopic (exact) mass is 404 g/mol. The Morgan fingerprint density at radius 2 is 1.45 bits per heavy atom. The SMILES string of the molecule is COc1cc2c(c(OC)c1OC)-c1c(cc(O)c(O)c1OC)C[C@H](C)[C@@](C)(O)C2. The first kappa shape index (κ1) is 20.9. The first-order chi connectivity index (χ1) is 13.7. The van der Waals surface area contributed by atoms with Crippen molar-refractivity contribution in [1.29, 1.82) is 0 Å².